The highest BCUT2D eigenvalue weighted by Gasteiger charge is 2.24. The van der Waals surface area contributed by atoms with Crippen LogP contribution in [0.15, 0.2) is 0 Å². The molecular formula is C13H28N4O. The van der Waals surface area contributed by atoms with Gasteiger partial charge in [0.15, 0.2) is 0 Å². The van der Waals surface area contributed by atoms with Crippen LogP contribution in [-0.4, -0.2) is 68.1 Å². The molecule has 0 aromatic heterocycles. The first kappa shape index (κ1) is 15.4. The monoisotopic (exact) mass is 256 g/mol. The van der Waals surface area contributed by atoms with E-state index in [2.05, 4.69) is 29.0 Å². The summed E-state index contributed by atoms with van der Waals surface area (Å²) in [5.41, 5.74) is 5.79. The third kappa shape index (κ3) is 4.92. The highest BCUT2D eigenvalue weighted by molar-refractivity contribution is 5.76. The molecule has 0 radical (unpaired) electrons. The molecule has 0 saturated carbocycles. The quantitative estimate of drug-likeness (QED) is 0.686. The molecule has 0 aromatic carbocycles. The van der Waals surface area contributed by atoms with Crippen LogP contribution in [0.4, 0.5) is 0 Å². The summed E-state index contributed by atoms with van der Waals surface area (Å²) in [4.78, 5) is 16.3. The Kier molecular flexibility index (Phi) is 6.60. The summed E-state index contributed by atoms with van der Waals surface area (Å²) in [5, 5.41) is 2.67. The first-order valence-electron chi connectivity index (χ1n) is 6.93. The summed E-state index contributed by atoms with van der Waals surface area (Å²) in [7, 11) is 1.68. The summed E-state index contributed by atoms with van der Waals surface area (Å²) in [6, 6.07) is 0.186. The Hall–Kier alpha value is -0.650. The first-order chi connectivity index (χ1) is 8.56. The molecule has 1 rings (SSSR count). The molecule has 106 valence electrons. The Morgan fingerprint density at radius 3 is 2.33 bits per heavy atom. The zero-order valence-electron chi connectivity index (χ0n) is 12.0. The average molecular weight is 256 g/mol. The van der Waals surface area contributed by atoms with Crippen molar-refractivity contribution in [2.75, 3.05) is 46.3 Å². The SMILES string of the molecule is CNC(=O)CC(CN)N1CCN(CC(C)C)CC1. The van der Waals surface area contributed by atoms with Gasteiger partial charge in [-0.3, -0.25) is 9.69 Å². The van der Waals surface area contributed by atoms with Gasteiger partial charge in [-0.2, -0.15) is 0 Å². The second-order valence-corrected chi connectivity index (χ2v) is 5.50. The summed E-state index contributed by atoms with van der Waals surface area (Å²) >= 11 is 0. The standard InChI is InChI=1S/C13H28N4O/c1-11(2)10-16-4-6-17(7-5-16)12(9-14)8-13(18)15-3/h11-12H,4-10,14H2,1-3H3,(H,15,18). The highest BCUT2D eigenvalue weighted by Crippen LogP contribution is 2.10. The van der Waals surface area contributed by atoms with Gasteiger partial charge < -0.3 is 16.0 Å². The predicted molar refractivity (Wildman–Crippen MR) is 74.4 cm³/mol. The van der Waals surface area contributed by atoms with Crippen molar-refractivity contribution < 1.29 is 4.79 Å². The van der Waals surface area contributed by atoms with Gasteiger partial charge in [0.05, 0.1) is 0 Å². The van der Waals surface area contributed by atoms with Crippen molar-refractivity contribution >= 4 is 5.91 Å². The van der Waals surface area contributed by atoms with Crippen molar-refractivity contribution in [2.24, 2.45) is 11.7 Å². The number of nitrogens with two attached hydrogens (primary N) is 1. The molecule has 1 aliphatic rings. The van der Waals surface area contributed by atoms with Crippen LogP contribution in [0.1, 0.15) is 20.3 Å². The molecule has 0 bridgehead atoms. The van der Waals surface area contributed by atoms with E-state index >= 15 is 0 Å². The molecule has 0 aromatic rings. The van der Waals surface area contributed by atoms with E-state index in [-0.39, 0.29) is 11.9 Å². The number of hydrogen-bond donors (Lipinski definition) is 2. The van der Waals surface area contributed by atoms with Crippen molar-refractivity contribution in [1.82, 2.24) is 15.1 Å². The Balaban J connectivity index is 2.37. The minimum absolute atomic E-state index is 0.0788. The van der Waals surface area contributed by atoms with Crippen LogP contribution in [0.2, 0.25) is 0 Å². The van der Waals surface area contributed by atoms with E-state index in [9.17, 15) is 4.79 Å². The summed E-state index contributed by atoms with van der Waals surface area (Å²) in [6.07, 6.45) is 0.511. The van der Waals surface area contributed by atoms with Gasteiger partial charge in [-0.15, -0.1) is 0 Å². The fourth-order valence-electron chi connectivity index (χ4n) is 2.51. The zero-order valence-corrected chi connectivity index (χ0v) is 12.0. The molecule has 0 aliphatic carbocycles. The number of carbonyl (C=O) groups is 1. The molecule has 1 atom stereocenters. The van der Waals surface area contributed by atoms with Crippen LogP contribution >= 0.6 is 0 Å². The largest absolute Gasteiger partial charge is 0.359 e. The number of nitrogens with one attached hydrogen (secondary N) is 1. The van der Waals surface area contributed by atoms with Gasteiger partial charge in [-0.1, -0.05) is 13.8 Å². The third-order valence-corrected chi connectivity index (χ3v) is 3.52. The van der Waals surface area contributed by atoms with Crippen LogP contribution < -0.4 is 11.1 Å². The van der Waals surface area contributed by atoms with Crippen LogP contribution in [0, 0.1) is 5.92 Å². The van der Waals surface area contributed by atoms with E-state index in [1.807, 2.05) is 0 Å². The highest BCUT2D eigenvalue weighted by atomic mass is 16.1. The Labute approximate surface area is 111 Å². The summed E-state index contributed by atoms with van der Waals surface area (Å²) < 4.78 is 0. The molecular weight excluding hydrogens is 228 g/mol. The smallest absolute Gasteiger partial charge is 0.221 e. The van der Waals surface area contributed by atoms with Crippen molar-refractivity contribution in [2.45, 2.75) is 26.3 Å². The lowest BCUT2D eigenvalue weighted by atomic mass is 10.1. The Morgan fingerprint density at radius 1 is 1.28 bits per heavy atom. The molecule has 1 amide bonds. The van der Waals surface area contributed by atoms with E-state index in [1.165, 1.54) is 0 Å². The van der Waals surface area contributed by atoms with E-state index in [0.29, 0.717) is 18.9 Å². The molecule has 18 heavy (non-hydrogen) atoms. The lowest BCUT2D eigenvalue weighted by molar-refractivity contribution is -0.122. The second-order valence-electron chi connectivity index (χ2n) is 5.50. The van der Waals surface area contributed by atoms with Crippen molar-refractivity contribution in [1.29, 1.82) is 0 Å². The van der Waals surface area contributed by atoms with E-state index in [1.54, 1.807) is 7.05 Å². The zero-order chi connectivity index (χ0) is 13.5. The number of nitrogens with zero attached hydrogens (tertiary/aromatic N) is 2. The van der Waals surface area contributed by atoms with E-state index in [0.717, 1.165) is 32.7 Å². The molecule has 1 saturated heterocycles. The number of rotatable bonds is 6. The topological polar surface area (TPSA) is 61.6 Å². The van der Waals surface area contributed by atoms with Gasteiger partial charge in [0.1, 0.15) is 0 Å². The Morgan fingerprint density at radius 2 is 1.89 bits per heavy atom. The van der Waals surface area contributed by atoms with Gasteiger partial charge in [0.25, 0.3) is 0 Å². The normalized spacial score (nSPS) is 20.1. The molecule has 1 fully saturated rings. The van der Waals surface area contributed by atoms with Gasteiger partial charge in [-0.25, -0.2) is 0 Å². The van der Waals surface area contributed by atoms with Crippen LogP contribution in [0.5, 0.6) is 0 Å². The molecule has 1 unspecified atom stereocenters. The maximum atomic E-state index is 11.4. The summed E-state index contributed by atoms with van der Waals surface area (Å²) in [6.45, 7) is 10.4. The molecule has 0 spiro atoms. The first-order valence-corrected chi connectivity index (χ1v) is 6.93. The predicted octanol–water partition coefficient (Wildman–Crippen LogP) is -0.277. The molecule has 3 N–H and O–H groups in total. The molecule has 5 nitrogen and oxygen atoms in total. The minimum Gasteiger partial charge on any atom is -0.359 e. The van der Waals surface area contributed by atoms with Gasteiger partial charge in [0.2, 0.25) is 5.91 Å². The molecule has 5 heteroatoms. The van der Waals surface area contributed by atoms with Crippen LogP contribution in [0.3, 0.4) is 0 Å². The number of carbonyl (C=O) groups excluding carboxylic acids is 1. The number of hydrogen-bond acceptors (Lipinski definition) is 4. The van der Waals surface area contributed by atoms with Gasteiger partial charge >= 0.3 is 0 Å². The molecule has 1 aliphatic heterocycles. The lowest BCUT2D eigenvalue weighted by Crippen LogP contribution is -2.53. The minimum atomic E-state index is 0.0788. The van der Waals surface area contributed by atoms with Gasteiger partial charge in [0, 0.05) is 58.8 Å². The fraction of sp³-hybridized carbons (Fsp3) is 0.923. The van der Waals surface area contributed by atoms with Crippen molar-refractivity contribution in [3.8, 4) is 0 Å². The van der Waals surface area contributed by atoms with Gasteiger partial charge in [-0.05, 0) is 5.92 Å². The van der Waals surface area contributed by atoms with Crippen LogP contribution in [-0.2, 0) is 4.79 Å². The van der Waals surface area contributed by atoms with Crippen molar-refractivity contribution in [3.63, 3.8) is 0 Å². The number of amides is 1. The Bertz CT molecular complexity index is 249. The maximum absolute atomic E-state index is 11.4. The summed E-state index contributed by atoms with van der Waals surface area (Å²) in [5.74, 6) is 0.794. The van der Waals surface area contributed by atoms with Crippen molar-refractivity contribution in [3.05, 3.63) is 0 Å². The number of piperazine rings is 1. The second kappa shape index (κ2) is 7.71. The average Bonchev–Trinajstić information content (AvgIpc) is 2.36. The maximum Gasteiger partial charge on any atom is 0.221 e. The van der Waals surface area contributed by atoms with E-state index in [4.69, 9.17) is 5.73 Å². The van der Waals surface area contributed by atoms with E-state index < -0.39 is 0 Å². The van der Waals surface area contributed by atoms with Crippen LogP contribution in [0.25, 0.3) is 0 Å². The molecule has 1 heterocycles. The third-order valence-electron chi connectivity index (χ3n) is 3.52. The lowest BCUT2D eigenvalue weighted by Gasteiger charge is -2.39. The fourth-order valence-corrected chi connectivity index (χ4v) is 2.51.